The zero-order valence-electron chi connectivity index (χ0n) is 12.9. The van der Waals surface area contributed by atoms with Gasteiger partial charge in [0.25, 0.3) is 0 Å². The molecule has 130 valence electrons. The number of halogens is 1. The number of hydrogen-bond donors (Lipinski definition) is 3. The molecule has 0 radical (unpaired) electrons. The molecule has 1 saturated carbocycles. The van der Waals surface area contributed by atoms with E-state index in [0.717, 1.165) is 31.2 Å². The van der Waals surface area contributed by atoms with Gasteiger partial charge in [-0.1, -0.05) is 16.8 Å². The van der Waals surface area contributed by atoms with E-state index in [4.69, 9.17) is 20.7 Å². The van der Waals surface area contributed by atoms with Crippen LogP contribution in [0.5, 0.6) is 0 Å². The van der Waals surface area contributed by atoms with Gasteiger partial charge in [-0.3, -0.25) is 4.55 Å². The molecule has 1 fully saturated rings. The number of anilines is 1. The van der Waals surface area contributed by atoms with Crippen LogP contribution in [0, 0.1) is 5.92 Å². The fourth-order valence-corrected chi connectivity index (χ4v) is 3.38. The van der Waals surface area contributed by atoms with E-state index >= 15 is 0 Å². The molecule has 1 aromatic heterocycles. The van der Waals surface area contributed by atoms with Crippen LogP contribution in [0.15, 0.2) is 28.8 Å². The van der Waals surface area contributed by atoms with Crippen molar-refractivity contribution < 1.29 is 13.3 Å². The molecule has 0 aliphatic heterocycles. The normalized spacial score (nSPS) is 22.2. The summed E-state index contributed by atoms with van der Waals surface area (Å²) in [6.45, 7) is 0.567. The number of aromatic nitrogens is 2. The fourth-order valence-electron chi connectivity index (χ4n) is 2.87. The number of nitrogens with one attached hydrogen (secondary N) is 2. The Morgan fingerprint density at radius 3 is 2.62 bits per heavy atom. The van der Waals surface area contributed by atoms with Crippen molar-refractivity contribution in [1.82, 2.24) is 14.9 Å². The van der Waals surface area contributed by atoms with Crippen molar-refractivity contribution >= 4 is 28.9 Å². The maximum Gasteiger partial charge on any atom is 0.322 e. The Hall–Kier alpha value is -1.48. The fraction of sp³-hybridized carbons (Fsp3) is 0.467. The first-order valence-corrected chi connectivity index (χ1v) is 9.29. The molecule has 7 nitrogen and oxygen atoms in total. The summed E-state index contributed by atoms with van der Waals surface area (Å²) >= 11 is 3.94. The quantitative estimate of drug-likeness (QED) is 0.675. The topological polar surface area (TPSA) is 100 Å². The van der Waals surface area contributed by atoms with Crippen molar-refractivity contribution in [2.75, 3.05) is 11.9 Å². The average molecular weight is 371 g/mol. The third-order valence-electron chi connectivity index (χ3n) is 4.20. The Balaban J connectivity index is 1.51. The zero-order chi connectivity index (χ0) is 16.9. The lowest BCUT2D eigenvalue weighted by Gasteiger charge is -2.28. The highest BCUT2D eigenvalue weighted by Gasteiger charge is 2.22. The highest BCUT2D eigenvalue weighted by atomic mass is 35.5. The molecule has 0 amide bonds. The largest absolute Gasteiger partial charge is 0.335 e. The van der Waals surface area contributed by atoms with E-state index in [0.29, 0.717) is 29.3 Å². The SMILES string of the molecule is O=S(O)NC[C@H]1CC[C@H](Nc2nc(-c3ccc(Cl)cc3)no2)CC1. The molecule has 0 bridgehead atoms. The van der Waals surface area contributed by atoms with Gasteiger partial charge in [0, 0.05) is 23.2 Å². The van der Waals surface area contributed by atoms with Crippen LogP contribution in [0.1, 0.15) is 25.7 Å². The van der Waals surface area contributed by atoms with E-state index in [9.17, 15) is 4.21 Å². The summed E-state index contributed by atoms with van der Waals surface area (Å²) in [6.07, 6.45) is 3.90. The van der Waals surface area contributed by atoms with Crippen LogP contribution in [0.25, 0.3) is 11.4 Å². The van der Waals surface area contributed by atoms with Crippen LogP contribution in [-0.4, -0.2) is 31.5 Å². The van der Waals surface area contributed by atoms with E-state index < -0.39 is 11.3 Å². The number of rotatable bonds is 6. The van der Waals surface area contributed by atoms with Crippen LogP contribution in [0.3, 0.4) is 0 Å². The lowest BCUT2D eigenvalue weighted by atomic mass is 9.86. The molecule has 1 aliphatic carbocycles. The van der Waals surface area contributed by atoms with Crippen LogP contribution >= 0.6 is 11.6 Å². The van der Waals surface area contributed by atoms with Crippen molar-refractivity contribution in [3.8, 4) is 11.4 Å². The Bertz CT molecular complexity index is 686. The molecule has 0 spiro atoms. The maximum atomic E-state index is 10.6. The van der Waals surface area contributed by atoms with Gasteiger partial charge >= 0.3 is 6.01 Å². The number of hydrogen-bond acceptors (Lipinski definition) is 5. The Kier molecular flexibility index (Phi) is 5.83. The van der Waals surface area contributed by atoms with Gasteiger partial charge in [-0.05, 0) is 55.9 Å². The minimum Gasteiger partial charge on any atom is -0.335 e. The lowest BCUT2D eigenvalue weighted by molar-refractivity contribution is 0.329. The molecule has 2 aromatic rings. The molecule has 3 rings (SSSR count). The summed E-state index contributed by atoms with van der Waals surface area (Å²) < 4.78 is 27.2. The van der Waals surface area contributed by atoms with Crippen molar-refractivity contribution in [2.45, 2.75) is 31.7 Å². The average Bonchev–Trinajstić information content (AvgIpc) is 3.03. The van der Waals surface area contributed by atoms with Gasteiger partial charge in [0.2, 0.25) is 17.1 Å². The molecule has 24 heavy (non-hydrogen) atoms. The second kappa shape index (κ2) is 8.06. The van der Waals surface area contributed by atoms with E-state index in [1.54, 1.807) is 12.1 Å². The van der Waals surface area contributed by atoms with Crippen LogP contribution < -0.4 is 10.0 Å². The second-order valence-electron chi connectivity index (χ2n) is 5.89. The van der Waals surface area contributed by atoms with Crippen LogP contribution in [-0.2, 0) is 11.3 Å². The summed E-state index contributed by atoms with van der Waals surface area (Å²) in [6, 6.07) is 7.96. The lowest BCUT2D eigenvalue weighted by Crippen LogP contribution is -2.31. The summed E-state index contributed by atoms with van der Waals surface area (Å²) in [5.41, 5.74) is 0.850. The molecule has 1 aliphatic rings. The van der Waals surface area contributed by atoms with E-state index in [2.05, 4.69) is 20.2 Å². The molecule has 3 N–H and O–H groups in total. The first-order chi connectivity index (χ1) is 11.6. The van der Waals surface area contributed by atoms with Crippen LogP contribution in [0.2, 0.25) is 5.02 Å². The van der Waals surface area contributed by atoms with Crippen molar-refractivity contribution in [3.05, 3.63) is 29.3 Å². The van der Waals surface area contributed by atoms with Crippen molar-refractivity contribution in [1.29, 1.82) is 0 Å². The van der Waals surface area contributed by atoms with Crippen molar-refractivity contribution in [2.24, 2.45) is 5.92 Å². The molecule has 1 atom stereocenters. The van der Waals surface area contributed by atoms with E-state index in [1.165, 1.54) is 0 Å². The zero-order valence-corrected chi connectivity index (χ0v) is 14.5. The van der Waals surface area contributed by atoms with Gasteiger partial charge in [0.05, 0.1) is 0 Å². The van der Waals surface area contributed by atoms with Gasteiger partial charge in [0.1, 0.15) is 0 Å². The standard InChI is InChI=1S/C15H19ClN4O3S/c16-12-5-3-11(4-6-12)14-19-15(23-20-14)18-13-7-1-10(2-8-13)9-17-24(21)22/h3-6,10,13,17H,1-2,7-9H2,(H,21,22)(H,18,19,20)/t10-,13-. The van der Waals surface area contributed by atoms with Crippen LogP contribution in [0.4, 0.5) is 6.01 Å². The Labute approximate surface area is 147 Å². The summed E-state index contributed by atoms with van der Waals surface area (Å²) in [4.78, 5) is 4.37. The monoisotopic (exact) mass is 370 g/mol. The molecule has 9 heteroatoms. The third-order valence-corrected chi connectivity index (χ3v) is 4.86. The van der Waals surface area contributed by atoms with E-state index in [1.807, 2.05) is 12.1 Å². The van der Waals surface area contributed by atoms with Gasteiger partial charge in [-0.25, -0.2) is 8.93 Å². The molecule has 0 saturated heterocycles. The maximum absolute atomic E-state index is 10.6. The van der Waals surface area contributed by atoms with Crippen molar-refractivity contribution in [3.63, 3.8) is 0 Å². The molecule has 1 aromatic carbocycles. The highest BCUT2D eigenvalue weighted by Crippen LogP contribution is 2.27. The smallest absolute Gasteiger partial charge is 0.322 e. The van der Waals surface area contributed by atoms with Gasteiger partial charge < -0.3 is 9.84 Å². The Morgan fingerprint density at radius 2 is 1.96 bits per heavy atom. The minimum absolute atomic E-state index is 0.277. The van der Waals surface area contributed by atoms with Gasteiger partial charge in [-0.2, -0.15) is 4.98 Å². The molecule has 1 unspecified atom stereocenters. The summed E-state index contributed by atoms with van der Waals surface area (Å²) in [7, 11) is 0. The molecular formula is C15H19ClN4O3S. The predicted molar refractivity (Wildman–Crippen MR) is 92.9 cm³/mol. The Morgan fingerprint density at radius 1 is 1.25 bits per heavy atom. The summed E-state index contributed by atoms with van der Waals surface area (Å²) in [5, 5.41) is 7.92. The highest BCUT2D eigenvalue weighted by molar-refractivity contribution is 7.77. The molecule has 1 heterocycles. The van der Waals surface area contributed by atoms with E-state index in [-0.39, 0.29) is 6.04 Å². The van der Waals surface area contributed by atoms with Gasteiger partial charge in [-0.15, -0.1) is 0 Å². The van der Waals surface area contributed by atoms with Gasteiger partial charge in [0.15, 0.2) is 0 Å². The summed E-state index contributed by atoms with van der Waals surface area (Å²) in [5.74, 6) is 0.948. The minimum atomic E-state index is -1.93. The predicted octanol–water partition coefficient (Wildman–Crippen LogP) is 3.09. The first-order valence-electron chi connectivity index (χ1n) is 7.80. The second-order valence-corrected chi connectivity index (χ2v) is 7.11. The number of benzene rings is 1. The molecular weight excluding hydrogens is 352 g/mol. The first kappa shape index (κ1) is 17.3. The third kappa shape index (κ3) is 4.76. The number of nitrogens with zero attached hydrogens (tertiary/aromatic N) is 2.